The van der Waals surface area contributed by atoms with E-state index in [-0.39, 0.29) is 11.8 Å². The van der Waals surface area contributed by atoms with E-state index in [2.05, 4.69) is 15.5 Å². The summed E-state index contributed by atoms with van der Waals surface area (Å²) >= 11 is 0. The first-order chi connectivity index (χ1) is 12.6. The van der Waals surface area contributed by atoms with Crippen LogP contribution in [0.3, 0.4) is 0 Å². The van der Waals surface area contributed by atoms with Crippen molar-refractivity contribution in [2.75, 3.05) is 20.1 Å². The number of nitrogens with zero attached hydrogens (tertiary/aromatic N) is 4. The summed E-state index contributed by atoms with van der Waals surface area (Å²) < 4.78 is 1.84. The minimum absolute atomic E-state index is 0.116. The fourth-order valence-corrected chi connectivity index (χ4v) is 3.16. The van der Waals surface area contributed by atoms with Crippen molar-refractivity contribution >= 4 is 22.6 Å². The van der Waals surface area contributed by atoms with Crippen LogP contribution in [0.2, 0.25) is 0 Å². The molecule has 0 unspecified atom stereocenters. The van der Waals surface area contributed by atoms with Crippen LogP contribution in [0.5, 0.6) is 0 Å². The standard InChI is InChI=1S/C19H19N5O2/c1-23-10-11-24-16(21-22-17(24)19(23)26)8-9-20-18(25)15-7-6-13-4-2-3-5-14(13)12-15/h2-7,12H,8-11H2,1H3,(H,20,25). The summed E-state index contributed by atoms with van der Waals surface area (Å²) in [6.07, 6.45) is 0.531. The molecule has 0 radical (unpaired) electrons. The molecule has 0 spiro atoms. The number of nitrogens with one attached hydrogen (secondary N) is 1. The number of hydrogen-bond acceptors (Lipinski definition) is 4. The van der Waals surface area contributed by atoms with Crippen molar-refractivity contribution in [3.8, 4) is 0 Å². The van der Waals surface area contributed by atoms with Crippen LogP contribution >= 0.6 is 0 Å². The van der Waals surface area contributed by atoms with Gasteiger partial charge >= 0.3 is 0 Å². The second kappa shape index (κ2) is 6.59. The molecule has 0 bridgehead atoms. The highest BCUT2D eigenvalue weighted by Crippen LogP contribution is 2.15. The van der Waals surface area contributed by atoms with Gasteiger partial charge in [0.05, 0.1) is 0 Å². The van der Waals surface area contributed by atoms with Gasteiger partial charge in [-0.3, -0.25) is 9.59 Å². The molecule has 2 amide bonds. The monoisotopic (exact) mass is 349 g/mol. The molecule has 1 aliphatic heterocycles. The number of rotatable bonds is 4. The third-order valence-corrected chi connectivity index (χ3v) is 4.67. The Morgan fingerprint density at radius 2 is 1.92 bits per heavy atom. The number of amides is 2. The first-order valence-electron chi connectivity index (χ1n) is 8.58. The molecule has 2 aromatic carbocycles. The van der Waals surface area contributed by atoms with Crippen LogP contribution in [0.4, 0.5) is 0 Å². The van der Waals surface area contributed by atoms with E-state index in [0.717, 1.165) is 16.6 Å². The molecule has 3 aromatic rings. The smallest absolute Gasteiger partial charge is 0.291 e. The third kappa shape index (κ3) is 2.92. The fraction of sp³-hybridized carbons (Fsp3) is 0.263. The average Bonchev–Trinajstić information content (AvgIpc) is 3.08. The van der Waals surface area contributed by atoms with Gasteiger partial charge in [0.15, 0.2) is 0 Å². The molecular formula is C19H19N5O2. The SMILES string of the molecule is CN1CCn2c(CCNC(=O)c3ccc4ccccc4c3)nnc2C1=O. The number of hydrogen-bond donors (Lipinski definition) is 1. The second-order valence-corrected chi connectivity index (χ2v) is 6.39. The molecule has 7 heteroatoms. The molecule has 2 heterocycles. The fourth-order valence-electron chi connectivity index (χ4n) is 3.16. The van der Waals surface area contributed by atoms with E-state index in [1.165, 1.54) is 0 Å². The largest absolute Gasteiger partial charge is 0.352 e. The van der Waals surface area contributed by atoms with Gasteiger partial charge in [-0.2, -0.15) is 0 Å². The van der Waals surface area contributed by atoms with Gasteiger partial charge in [-0.15, -0.1) is 10.2 Å². The molecular weight excluding hydrogens is 330 g/mol. The van der Waals surface area contributed by atoms with Gasteiger partial charge in [0.1, 0.15) is 5.82 Å². The molecule has 0 atom stereocenters. The van der Waals surface area contributed by atoms with E-state index in [0.29, 0.717) is 37.4 Å². The Morgan fingerprint density at radius 3 is 2.77 bits per heavy atom. The lowest BCUT2D eigenvalue weighted by Gasteiger charge is -2.23. The Labute approximate surface area is 150 Å². The van der Waals surface area contributed by atoms with Gasteiger partial charge in [0.2, 0.25) is 5.82 Å². The van der Waals surface area contributed by atoms with Crippen molar-refractivity contribution in [2.45, 2.75) is 13.0 Å². The van der Waals surface area contributed by atoms with Crippen molar-refractivity contribution in [3.63, 3.8) is 0 Å². The molecule has 1 aromatic heterocycles. The molecule has 0 aliphatic carbocycles. The van der Waals surface area contributed by atoms with Crippen LogP contribution < -0.4 is 5.32 Å². The predicted molar refractivity (Wildman–Crippen MR) is 97.0 cm³/mol. The number of benzene rings is 2. The number of aromatic nitrogens is 3. The zero-order chi connectivity index (χ0) is 18.1. The van der Waals surface area contributed by atoms with Crippen molar-refractivity contribution in [1.82, 2.24) is 25.0 Å². The van der Waals surface area contributed by atoms with Crippen LogP contribution in [-0.2, 0) is 13.0 Å². The minimum atomic E-state index is -0.120. The van der Waals surface area contributed by atoms with Gasteiger partial charge in [0, 0.05) is 38.7 Å². The van der Waals surface area contributed by atoms with Gasteiger partial charge in [0.25, 0.3) is 11.8 Å². The summed E-state index contributed by atoms with van der Waals surface area (Å²) in [7, 11) is 1.75. The Morgan fingerprint density at radius 1 is 1.12 bits per heavy atom. The highest BCUT2D eigenvalue weighted by molar-refractivity contribution is 5.98. The third-order valence-electron chi connectivity index (χ3n) is 4.67. The van der Waals surface area contributed by atoms with Crippen molar-refractivity contribution in [2.24, 2.45) is 0 Å². The molecule has 132 valence electrons. The van der Waals surface area contributed by atoms with Gasteiger partial charge in [-0.05, 0) is 22.9 Å². The maximum atomic E-state index is 12.4. The predicted octanol–water partition coefficient (Wildman–Crippen LogP) is 1.49. The molecule has 4 rings (SSSR count). The Bertz CT molecular complexity index is 995. The maximum absolute atomic E-state index is 12.4. The van der Waals surface area contributed by atoms with E-state index in [1.807, 2.05) is 47.0 Å². The van der Waals surface area contributed by atoms with Crippen LogP contribution in [-0.4, -0.2) is 51.6 Å². The second-order valence-electron chi connectivity index (χ2n) is 6.39. The first-order valence-corrected chi connectivity index (χ1v) is 8.58. The van der Waals surface area contributed by atoms with E-state index < -0.39 is 0 Å². The lowest BCUT2D eigenvalue weighted by Crippen LogP contribution is -2.38. The average molecular weight is 349 g/mol. The zero-order valence-electron chi connectivity index (χ0n) is 14.5. The van der Waals surface area contributed by atoms with Crippen molar-refractivity contribution in [3.05, 3.63) is 59.7 Å². The van der Waals surface area contributed by atoms with E-state index in [4.69, 9.17) is 0 Å². The summed E-state index contributed by atoms with van der Waals surface area (Å²) in [6, 6.07) is 13.6. The number of fused-ring (bicyclic) bond motifs is 2. The van der Waals surface area contributed by atoms with E-state index in [9.17, 15) is 9.59 Å². The lowest BCUT2D eigenvalue weighted by molar-refractivity contribution is 0.0739. The number of carbonyl (C=O) groups excluding carboxylic acids is 2. The quantitative estimate of drug-likeness (QED) is 0.774. The molecule has 0 saturated carbocycles. The lowest BCUT2D eigenvalue weighted by atomic mass is 10.1. The Kier molecular flexibility index (Phi) is 4.12. The highest BCUT2D eigenvalue weighted by atomic mass is 16.2. The molecule has 0 fully saturated rings. The molecule has 1 N–H and O–H groups in total. The minimum Gasteiger partial charge on any atom is -0.352 e. The highest BCUT2D eigenvalue weighted by Gasteiger charge is 2.26. The van der Waals surface area contributed by atoms with Crippen LogP contribution in [0.1, 0.15) is 26.8 Å². The summed E-state index contributed by atoms with van der Waals surface area (Å²) in [5.74, 6) is 0.856. The number of likely N-dealkylation sites (N-methyl/N-ethyl adjacent to an activating group) is 1. The van der Waals surface area contributed by atoms with Gasteiger partial charge in [-0.1, -0.05) is 30.3 Å². The van der Waals surface area contributed by atoms with Crippen LogP contribution in [0.25, 0.3) is 10.8 Å². The van der Waals surface area contributed by atoms with Crippen molar-refractivity contribution in [1.29, 1.82) is 0 Å². The zero-order valence-corrected chi connectivity index (χ0v) is 14.5. The molecule has 1 aliphatic rings. The van der Waals surface area contributed by atoms with Crippen LogP contribution in [0.15, 0.2) is 42.5 Å². The first kappa shape index (κ1) is 16.3. The molecule has 26 heavy (non-hydrogen) atoms. The number of carbonyl (C=O) groups is 2. The van der Waals surface area contributed by atoms with E-state index >= 15 is 0 Å². The maximum Gasteiger partial charge on any atom is 0.291 e. The Hall–Kier alpha value is -3.22. The summed E-state index contributed by atoms with van der Waals surface area (Å²) in [5.41, 5.74) is 0.628. The molecule has 7 nitrogen and oxygen atoms in total. The normalized spacial score (nSPS) is 13.7. The Balaban J connectivity index is 1.41. The van der Waals surface area contributed by atoms with Gasteiger partial charge < -0.3 is 14.8 Å². The topological polar surface area (TPSA) is 80.1 Å². The summed E-state index contributed by atoms with van der Waals surface area (Å²) in [4.78, 5) is 26.1. The summed E-state index contributed by atoms with van der Waals surface area (Å²) in [6.45, 7) is 1.76. The van der Waals surface area contributed by atoms with E-state index in [1.54, 1.807) is 11.9 Å². The van der Waals surface area contributed by atoms with Gasteiger partial charge in [-0.25, -0.2) is 0 Å². The van der Waals surface area contributed by atoms with Crippen molar-refractivity contribution < 1.29 is 9.59 Å². The molecule has 0 saturated heterocycles. The van der Waals surface area contributed by atoms with Crippen LogP contribution in [0, 0.1) is 0 Å². The summed E-state index contributed by atoms with van der Waals surface area (Å²) in [5, 5.41) is 13.1.